The van der Waals surface area contributed by atoms with Crippen molar-refractivity contribution in [3.05, 3.63) is 29.8 Å². The first-order valence-electron chi connectivity index (χ1n) is 6.62. The van der Waals surface area contributed by atoms with Gasteiger partial charge < -0.3 is 5.32 Å². The minimum absolute atomic E-state index is 0.353. The molecule has 0 amide bonds. The highest BCUT2D eigenvalue weighted by atomic mass is 32.2. The third-order valence-electron chi connectivity index (χ3n) is 2.85. The Bertz CT molecular complexity index is 542. The molecule has 6 heteroatoms. The van der Waals surface area contributed by atoms with E-state index in [9.17, 15) is 0 Å². The third kappa shape index (κ3) is 4.22. The van der Waals surface area contributed by atoms with Gasteiger partial charge in [-0.05, 0) is 37.8 Å². The van der Waals surface area contributed by atoms with Gasteiger partial charge in [0, 0.05) is 10.9 Å². The monoisotopic (exact) mass is 325 g/mol. The number of hydrogen-bond donors (Lipinski definition) is 1. The molecule has 0 saturated carbocycles. The summed E-state index contributed by atoms with van der Waals surface area (Å²) >= 11 is 4.99. The maximum Gasteiger partial charge on any atom is 0.179 e. The normalized spacial score (nSPS) is 12.6. The van der Waals surface area contributed by atoms with Crippen molar-refractivity contribution in [1.82, 2.24) is 15.5 Å². The number of aromatic nitrogens is 2. The lowest BCUT2D eigenvalue weighted by atomic mass is 10.1. The molecular weight excluding hydrogens is 306 g/mol. The minimum atomic E-state index is 0.353. The zero-order valence-electron chi connectivity index (χ0n) is 11.9. The number of rotatable bonds is 7. The van der Waals surface area contributed by atoms with Gasteiger partial charge in [-0.2, -0.15) is 0 Å². The van der Waals surface area contributed by atoms with Crippen LogP contribution in [0.25, 0.3) is 0 Å². The molecule has 1 aromatic carbocycles. The van der Waals surface area contributed by atoms with Gasteiger partial charge in [-0.1, -0.05) is 60.0 Å². The van der Waals surface area contributed by atoms with E-state index in [1.807, 2.05) is 6.26 Å². The number of hydrogen-bond acceptors (Lipinski definition) is 6. The summed E-state index contributed by atoms with van der Waals surface area (Å²) in [6, 6.07) is 8.87. The van der Waals surface area contributed by atoms with Crippen LogP contribution in [-0.4, -0.2) is 23.0 Å². The second-order valence-corrected chi connectivity index (χ2v) is 7.67. The molecule has 1 unspecified atom stereocenters. The fraction of sp³-hybridized carbons (Fsp3) is 0.429. The fourth-order valence-electron chi connectivity index (χ4n) is 1.82. The van der Waals surface area contributed by atoms with Crippen LogP contribution in [0.15, 0.2) is 37.8 Å². The van der Waals surface area contributed by atoms with Crippen LogP contribution in [0.2, 0.25) is 0 Å². The lowest BCUT2D eigenvalue weighted by Crippen LogP contribution is -2.19. The Morgan fingerprint density at radius 3 is 2.70 bits per heavy atom. The molecule has 0 spiro atoms. The van der Waals surface area contributed by atoms with E-state index in [0.29, 0.717) is 6.04 Å². The van der Waals surface area contributed by atoms with E-state index in [1.54, 1.807) is 34.9 Å². The van der Waals surface area contributed by atoms with Crippen molar-refractivity contribution in [2.75, 3.05) is 12.8 Å². The number of thioether (sulfide) groups is 1. The molecule has 0 radical (unpaired) electrons. The summed E-state index contributed by atoms with van der Waals surface area (Å²) in [6.45, 7) is 5.43. The lowest BCUT2D eigenvalue weighted by Gasteiger charge is -2.16. The molecule has 1 heterocycles. The Kier molecular flexibility index (Phi) is 6.35. The predicted octanol–water partition coefficient (Wildman–Crippen LogP) is 4.47. The molecule has 108 valence electrons. The Morgan fingerprint density at radius 2 is 2.00 bits per heavy atom. The van der Waals surface area contributed by atoms with E-state index in [0.717, 1.165) is 21.6 Å². The minimum Gasteiger partial charge on any atom is -0.310 e. The zero-order valence-corrected chi connectivity index (χ0v) is 14.4. The van der Waals surface area contributed by atoms with Crippen LogP contribution >= 0.6 is 34.9 Å². The van der Waals surface area contributed by atoms with Crippen LogP contribution in [0, 0.1) is 0 Å². The van der Waals surface area contributed by atoms with Crippen LogP contribution < -0.4 is 5.32 Å². The number of nitrogens with zero attached hydrogens (tertiary/aromatic N) is 2. The fourth-order valence-corrected chi connectivity index (χ4v) is 4.43. The summed E-state index contributed by atoms with van der Waals surface area (Å²) < 4.78 is 2.02. The third-order valence-corrected chi connectivity index (χ3v) is 5.89. The average molecular weight is 326 g/mol. The molecule has 2 aromatic rings. The molecule has 1 atom stereocenters. The average Bonchev–Trinajstić information content (AvgIpc) is 2.93. The molecule has 2 rings (SSSR count). The van der Waals surface area contributed by atoms with Crippen molar-refractivity contribution >= 4 is 34.9 Å². The summed E-state index contributed by atoms with van der Waals surface area (Å²) in [5.74, 6) is 0. The maximum atomic E-state index is 4.24. The van der Waals surface area contributed by atoms with Gasteiger partial charge in [-0.3, -0.25) is 0 Å². The first-order chi connectivity index (χ1) is 9.74. The smallest absolute Gasteiger partial charge is 0.179 e. The highest BCUT2D eigenvalue weighted by molar-refractivity contribution is 8.03. The first-order valence-corrected chi connectivity index (χ1v) is 9.48. The highest BCUT2D eigenvalue weighted by Crippen LogP contribution is 2.36. The van der Waals surface area contributed by atoms with E-state index < -0.39 is 0 Å². The van der Waals surface area contributed by atoms with E-state index in [-0.39, 0.29) is 0 Å². The van der Waals surface area contributed by atoms with E-state index >= 15 is 0 Å². The first kappa shape index (κ1) is 15.8. The molecule has 0 aliphatic rings. The molecule has 0 saturated heterocycles. The second-order valence-electron chi connectivity index (χ2n) is 4.35. The van der Waals surface area contributed by atoms with Gasteiger partial charge in [-0.25, -0.2) is 0 Å². The summed E-state index contributed by atoms with van der Waals surface area (Å²) in [5.41, 5.74) is 1.33. The summed E-state index contributed by atoms with van der Waals surface area (Å²) in [4.78, 5) is 1.26. The Labute approximate surface area is 133 Å². The molecule has 0 fully saturated rings. The standard InChI is InChI=1S/C14H19N3S3/c1-4-9-15-10(2)11-7-5-6-8-12(11)19-14-17-16-13(18-3)20-14/h5-8,10,15H,4,9H2,1-3H3. The van der Waals surface area contributed by atoms with Crippen molar-refractivity contribution < 1.29 is 0 Å². The van der Waals surface area contributed by atoms with Gasteiger partial charge in [0.25, 0.3) is 0 Å². The van der Waals surface area contributed by atoms with Crippen LogP contribution in [0.1, 0.15) is 31.9 Å². The Balaban J connectivity index is 2.14. The van der Waals surface area contributed by atoms with Gasteiger partial charge in [0.15, 0.2) is 8.68 Å². The SMILES string of the molecule is CCCNC(C)c1ccccc1Sc1nnc(SC)s1. The quantitative estimate of drug-likeness (QED) is 0.760. The molecule has 3 nitrogen and oxygen atoms in total. The van der Waals surface area contributed by atoms with Crippen molar-refractivity contribution in [2.45, 2.75) is 39.9 Å². The molecule has 20 heavy (non-hydrogen) atoms. The van der Waals surface area contributed by atoms with E-state index in [2.05, 4.69) is 53.6 Å². The van der Waals surface area contributed by atoms with Gasteiger partial charge in [0.1, 0.15) is 0 Å². The lowest BCUT2D eigenvalue weighted by molar-refractivity contribution is 0.564. The van der Waals surface area contributed by atoms with Crippen molar-refractivity contribution in [3.8, 4) is 0 Å². The molecule has 0 bridgehead atoms. The topological polar surface area (TPSA) is 37.8 Å². The van der Waals surface area contributed by atoms with Crippen LogP contribution in [-0.2, 0) is 0 Å². The van der Waals surface area contributed by atoms with Crippen molar-refractivity contribution in [3.63, 3.8) is 0 Å². The predicted molar refractivity (Wildman–Crippen MR) is 89.0 cm³/mol. The molecule has 1 N–H and O–H groups in total. The Hall–Kier alpha value is -0.560. The molecule has 0 aliphatic heterocycles. The van der Waals surface area contributed by atoms with Crippen LogP contribution in [0.5, 0.6) is 0 Å². The summed E-state index contributed by atoms with van der Waals surface area (Å²) in [6.07, 6.45) is 3.17. The maximum absolute atomic E-state index is 4.24. The van der Waals surface area contributed by atoms with E-state index in [1.165, 1.54) is 10.5 Å². The Morgan fingerprint density at radius 1 is 1.25 bits per heavy atom. The van der Waals surface area contributed by atoms with Gasteiger partial charge in [0.05, 0.1) is 0 Å². The van der Waals surface area contributed by atoms with Gasteiger partial charge >= 0.3 is 0 Å². The summed E-state index contributed by atoms with van der Waals surface area (Å²) in [7, 11) is 0. The van der Waals surface area contributed by atoms with E-state index in [4.69, 9.17) is 0 Å². The molecular formula is C14H19N3S3. The van der Waals surface area contributed by atoms with Crippen LogP contribution in [0.4, 0.5) is 0 Å². The summed E-state index contributed by atoms with van der Waals surface area (Å²) in [5, 5.41) is 11.9. The van der Waals surface area contributed by atoms with Crippen molar-refractivity contribution in [1.29, 1.82) is 0 Å². The van der Waals surface area contributed by atoms with Crippen LogP contribution in [0.3, 0.4) is 0 Å². The second kappa shape index (κ2) is 8.02. The number of benzene rings is 1. The van der Waals surface area contributed by atoms with Gasteiger partial charge in [0.2, 0.25) is 0 Å². The number of nitrogens with one attached hydrogen (secondary N) is 1. The molecule has 0 aliphatic carbocycles. The zero-order chi connectivity index (χ0) is 14.4. The largest absolute Gasteiger partial charge is 0.310 e. The molecule has 1 aromatic heterocycles. The highest BCUT2D eigenvalue weighted by Gasteiger charge is 2.12. The van der Waals surface area contributed by atoms with Gasteiger partial charge in [-0.15, -0.1) is 10.2 Å². The van der Waals surface area contributed by atoms with Crippen molar-refractivity contribution in [2.24, 2.45) is 0 Å².